The number of ether oxygens (including phenoxy) is 1. The molecule has 5 heteroatoms. The van der Waals surface area contributed by atoms with E-state index in [1.165, 1.54) is 0 Å². The Kier molecular flexibility index (Phi) is 4.88. The van der Waals surface area contributed by atoms with Crippen molar-refractivity contribution in [3.05, 3.63) is 58.1 Å². The Balaban J connectivity index is 2.05. The molecule has 0 aliphatic heterocycles. The predicted octanol–water partition coefficient (Wildman–Crippen LogP) is 4.18. The van der Waals surface area contributed by atoms with E-state index >= 15 is 0 Å². The lowest BCUT2D eigenvalue weighted by Crippen LogP contribution is -2.14. The predicted molar refractivity (Wildman–Crippen MR) is 81.8 cm³/mol. The first-order valence-electron chi connectivity index (χ1n) is 5.96. The molecular weight excluding hydrogens is 297 g/mol. The van der Waals surface area contributed by atoms with Crippen molar-refractivity contribution in [2.75, 3.05) is 12.4 Å². The van der Waals surface area contributed by atoms with Crippen LogP contribution in [0.3, 0.4) is 0 Å². The first-order chi connectivity index (χ1) is 9.58. The molecule has 0 bridgehead atoms. The number of anilines is 1. The van der Waals surface area contributed by atoms with Gasteiger partial charge in [0.15, 0.2) is 0 Å². The average Bonchev–Trinajstić information content (AvgIpc) is 2.42. The summed E-state index contributed by atoms with van der Waals surface area (Å²) in [6.45, 7) is 0. The van der Waals surface area contributed by atoms with Crippen LogP contribution in [-0.4, -0.2) is 13.0 Å². The molecule has 2 aromatic rings. The highest BCUT2D eigenvalue weighted by Crippen LogP contribution is 2.25. The molecule has 3 nitrogen and oxygen atoms in total. The van der Waals surface area contributed by atoms with Crippen LogP contribution in [0, 0.1) is 0 Å². The van der Waals surface area contributed by atoms with E-state index in [0.717, 1.165) is 11.3 Å². The largest absolute Gasteiger partial charge is 0.497 e. The summed E-state index contributed by atoms with van der Waals surface area (Å²) in [6.07, 6.45) is 0.246. The van der Waals surface area contributed by atoms with Gasteiger partial charge in [-0.3, -0.25) is 4.79 Å². The highest BCUT2D eigenvalue weighted by atomic mass is 35.5. The van der Waals surface area contributed by atoms with E-state index in [2.05, 4.69) is 5.32 Å². The second kappa shape index (κ2) is 6.64. The monoisotopic (exact) mass is 309 g/mol. The van der Waals surface area contributed by atoms with Crippen molar-refractivity contribution in [3.63, 3.8) is 0 Å². The van der Waals surface area contributed by atoms with Crippen LogP contribution >= 0.6 is 23.2 Å². The smallest absolute Gasteiger partial charge is 0.228 e. The Labute approximate surface area is 127 Å². The number of carbonyl (C=O) groups is 1. The summed E-state index contributed by atoms with van der Waals surface area (Å²) in [5, 5.41) is 3.69. The van der Waals surface area contributed by atoms with Crippen molar-refractivity contribution in [2.45, 2.75) is 6.42 Å². The van der Waals surface area contributed by atoms with Gasteiger partial charge in [-0.25, -0.2) is 0 Å². The normalized spacial score (nSPS) is 10.2. The molecule has 0 aliphatic rings. The fourth-order valence-corrected chi connectivity index (χ4v) is 2.21. The number of carbonyl (C=O) groups excluding carboxylic acids is 1. The number of amides is 1. The van der Waals surface area contributed by atoms with Gasteiger partial charge in [0.05, 0.1) is 24.2 Å². The molecule has 0 aliphatic carbocycles. The van der Waals surface area contributed by atoms with Crippen LogP contribution in [0.25, 0.3) is 0 Å². The Morgan fingerprint density at radius 3 is 2.70 bits per heavy atom. The first kappa shape index (κ1) is 14.7. The lowest BCUT2D eigenvalue weighted by atomic mass is 10.1. The topological polar surface area (TPSA) is 38.3 Å². The zero-order valence-corrected chi connectivity index (χ0v) is 12.3. The maximum atomic E-state index is 12.0. The molecule has 0 saturated carbocycles. The Bertz CT molecular complexity index is 629. The summed E-state index contributed by atoms with van der Waals surface area (Å²) in [5.41, 5.74) is 1.41. The number of methoxy groups -OCH3 is 1. The molecule has 2 aromatic carbocycles. The van der Waals surface area contributed by atoms with E-state index in [1.54, 1.807) is 25.3 Å². The van der Waals surface area contributed by atoms with Crippen LogP contribution in [0.2, 0.25) is 10.0 Å². The lowest BCUT2D eigenvalue weighted by molar-refractivity contribution is -0.115. The molecule has 0 unspecified atom stereocenters. The van der Waals surface area contributed by atoms with E-state index in [9.17, 15) is 4.79 Å². The molecule has 0 radical (unpaired) electrons. The van der Waals surface area contributed by atoms with Gasteiger partial charge in [0.1, 0.15) is 5.75 Å². The van der Waals surface area contributed by atoms with Crippen LogP contribution < -0.4 is 10.1 Å². The fourth-order valence-electron chi connectivity index (χ4n) is 1.75. The Hall–Kier alpha value is -1.71. The summed E-state index contributed by atoms with van der Waals surface area (Å²) in [7, 11) is 1.59. The minimum absolute atomic E-state index is 0.150. The highest BCUT2D eigenvalue weighted by molar-refractivity contribution is 6.36. The van der Waals surface area contributed by atoms with Gasteiger partial charge in [-0.1, -0.05) is 35.3 Å². The average molecular weight is 310 g/mol. The maximum absolute atomic E-state index is 12.0. The van der Waals surface area contributed by atoms with Gasteiger partial charge >= 0.3 is 0 Å². The van der Waals surface area contributed by atoms with E-state index in [1.807, 2.05) is 24.3 Å². The second-order valence-corrected chi connectivity index (χ2v) is 5.04. The molecule has 0 fully saturated rings. The van der Waals surface area contributed by atoms with Gasteiger partial charge < -0.3 is 10.1 Å². The van der Waals surface area contributed by atoms with Gasteiger partial charge in [0.2, 0.25) is 5.91 Å². The number of hydrogen-bond donors (Lipinski definition) is 1. The van der Waals surface area contributed by atoms with E-state index in [-0.39, 0.29) is 12.3 Å². The number of benzene rings is 2. The second-order valence-electron chi connectivity index (χ2n) is 4.20. The number of rotatable bonds is 4. The van der Waals surface area contributed by atoms with Crippen LogP contribution in [0.15, 0.2) is 42.5 Å². The molecule has 20 heavy (non-hydrogen) atoms. The summed E-state index contributed by atoms with van der Waals surface area (Å²) < 4.78 is 5.12. The number of halogens is 2. The van der Waals surface area contributed by atoms with Crippen molar-refractivity contribution in [2.24, 2.45) is 0 Å². The van der Waals surface area contributed by atoms with Gasteiger partial charge in [-0.05, 0) is 35.9 Å². The molecule has 0 saturated heterocycles. The standard InChI is InChI=1S/C15H13Cl2NO2/c1-20-12-4-2-3-10(7-12)8-15(19)18-14-6-5-11(16)9-13(14)17/h2-7,9H,8H2,1H3,(H,18,19). The molecule has 1 amide bonds. The Morgan fingerprint density at radius 1 is 1.20 bits per heavy atom. The zero-order valence-electron chi connectivity index (χ0n) is 10.8. The molecule has 2 rings (SSSR count). The van der Waals surface area contributed by atoms with Crippen molar-refractivity contribution < 1.29 is 9.53 Å². The number of hydrogen-bond acceptors (Lipinski definition) is 2. The van der Waals surface area contributed by atoms with E-state index < -0.39 is 0 Å². The molecule has 0 aromatic heterocycles. The molecule has 0 atom stereocenters. The van der Waals surface area contributed by atoms with Gasteiger partial charge in [-0.2, -0.15) is 0 Å². The lowest BCUT2D eigenvalue weighted by Gasteiger charge is -2.08. The molecule has 0 spiro atoms. The van der Waals surface area contributed by atoms with Crippen molar-refractivity contribution in [1.82, 2.24) is 0 Å². The van der Waals surface area contributed by atoms with Crippen LogP contribution in [-0.2, 0) is 11.2 Å². The highest BCUT2D eigenvalue weighted by Gasteiger charge is 2.08. The van der Waals surface area contributed by atoms with E-state index in [0.29, 0.717) is 15.7 Å². The first-order valence-corrected chi connectivity index (χ1v) is 6.72. The van der Waals surface area contributed by atoms with Crippen LogP contribution in [0.5, 0.6) is 5.75 Å². The quantitative estimate of drug-likeness (QED) is 0.920. The molecule has 0 heterocycles. The van der Waals surface area contributed by atoms with Gasteiger partial charge in [0.25, 0.3) is 0 Å². The van der Waals surface area contributed by atoms with Gasteiger partial charge in [-0.15, -0.1) is 0 Å². The van der Waals surface area contributed by atoms with Crippen molar-refractivity contribution >= 4 is 34.8 Å². The van der Waals surface area contributed by atoms with Gasteiger partial charge in [0, 0.05) is 5.02 Å². The number of nitrogens with one attached hydrogen (secondary N) is 1. The molecular formula is C15H13Cl2NO2. The summed E-state index contributed by atoms with van der Waals surface area (Å²) in [5.74, 6) is 0.572. The molecule has 104 valence electrons. The van der Waals surface area contributed by atoms with Crippen LogP contribution in [0.4, 0.5) is 5.69 Å². The summed E-state index contributed by atoms with van der Waals surface area (Å²) in [4.78, 5) is 12.0. The Morgan fingerprint density at radius 2 is 2.00 bits per heavy atom. The third kappa shape index (κ3) is 3.89. The molecule has 1 N–H and O–H groups in total. The van der Waals surface area contributed by atoms with E-state index in [4.69, 9.17) is 27.9 Å². The minimum atomic E-state index is -0.150. The summed E-state index contributed by atoms with van der Waals surface area (Å²) in [6, 6.07) is 12.3. The van der Waals surface area contributed by atoms with Crippen molar-refractivity contribution in [3.8, 4) is 5.75 Å². The third-order valence-electron chi connectivity index (χ3n) is 2.70. The summed E-state index contributed by atoms with van der Waals surface area (Å²) >= 11 is 11.8. The minimum Gasteiger partial charge on any atom is -0.497 e. The third-order valence-corrected chi connectivity index (χ3v) is 3.25. The maximum Gasteiger partial charge on any atom is 0.228 e. The fraction of sp³-hybridized carbons (Fsp3) is 0.133. The zero-order chi connectivity index (χ0) is 14.5. The SMILES string of the molecule is COc1cccc(CC(=O)Nc2ccc(Cl)cc2Cl)c1. The van der Waals surface area contributed by atoms with Crippen molar-refractivity contribution in [1.29, 1.82) is 0 Å². The van der Waals surface area contributed by atoms with Crippen LogP contribution in [0.1, 0.15) is 5.56 Å².